The molecule has 2 aromatic carbocycles. The number of hydrogen-bond acceptors (Lipinski definition) is 8. The van der Waals surface area contributed by atoms with E-state index < -0.39 is 11.7 Å². The van der Waals surface area contributed by atoms with Crippen molar-refractivity contribution in [1.82, 2.24) is 15.3 Å². The maximum atomic E-state index is 11.7. The molecule has 2 N–H and O–H groups in total. The normalized spacial score (nSPS) is 10.1. The average molecular weight is 479 g/mol. The Kier molecular flexibility index (Phi) is 10.00. The predicted molar refractivity (Wildman–Crippen MR) is 126 cm³/mol. The van der Waals surface area contributed by atoms with Gasteiger partial charge >= 0.3 is 6.09 Å². The zero-order valence-corrected chi connectivity index (χ0v) is 19.6. The molecule has 10 nitrogen and oxygen atoms in total. The molecule has 0 saturated carbocycles. The summed E-state index contributed by atoms with van der Waals surface area (Å²) >= 11 is 0. The second-order valence-corrected chi connectivity index (χ2v) is 7.97. The molecule has 0 aliphatic carbocycles. The van der Waals surface area contributed by atoms with Crippen LogP contribution >= 0.6 is 0 Å². The van der Waals surface area contributed by atoms with Gasteiger partial charge in [0.15, 0.2) is 0 Å². The number of carboxylic acid groups (broad SMARTS) is 1. The Bertz CT molecular complexity index is 1150. The topological polar surface area (TPSA) is 144 Å². The fourth-order valence-electron chi connectivity index (χ4n) is 2.61. The summed E-state index contributed by atoms with van der Waals surface area (Å²) in [6, 6.07) is 18.3. The van der Waals surface area contributed by atoms with Gasteiger partial charge in [0.05, 0.1) is 0 Å². The molecule has 0 aliphatic rings. The zero-order chi connectivity index (χ0) is 25.7. The average Bonchev–Trinajstić information content (AvgIpc) is 2.82. The van der Waals surface area contributed by atoms with Gasteiger partial charge in [0.2, 0.25) is 11.7 Å². The first-order valence-corrected chi connectivity index (χ1v) is 10.5. The van der Waals surface area contributed by atoms with E-state index in [0.29, 0.717) is 24.7 Å². The SMILES string of the molecule is CC(C)(C)OC(=O)NCc1ccc(COc2cccc(Oc3ccnc(C#N)n3)c2)cc1.O=CO. The Hall–Kier alpha value is -4.65. The van der Waals surface area contributed by atoms with E-state index in [1.807, 2.05) is 63.2 Å². The summed E-state index contributed by atoms with van der Waals surface area (Å²) < 4.78 is 16.8. The van der Waals surface area contributed by atoms with E-state index in [1.165, 1.54) is 6.20 Å². The third-order valence-electron chi connectivity index (χ3n) is 4.02. The molecule has 1 aromatic heterocycles. The van der Waals surface area contributed by atoms with Crippen molar-refractivity contribution >= 4 is 12.6 Å². The highest BCUT2D eigenvalue weighted by atomic mass is 16.6. The number of rotatable bonds is 7. The molecular formula is C25H26N4O6. The molecule has 0 atom stereocenters. The van der Waals surface area contributed by atoms with E-state index >= 15 is 0 Å². The lowest BCUT2D eigenvalue weighted by molar-refractivity contribution is -0.122. The maximum Gasteiger partial charge on any atom is 0.407 e. The second-order valence-electron chi connectivity index (χ2n) is 7.97. The smallest absolute Gasteiger partial charge is 0.407 e. The van der Waals surface area contributed by atoms with Crippen LogP contribution in [0.1, 0.15) is 37.7 Å². The van der Waals surface area contributed by atoms with E-state index in [1.54, 1.807) is 18.2 Å². The molecule has 0 saturated heterocycles. The van der Waals surface area contributed by atoms with E-state index in [-0.39, 0.29) is 18.2 Å². The molecule has 0 aliphatic heterocycles. The van der Waals surface area contributed by atoms with Crippen LogP contribution in [0.5, 0.6) is 17.4 Å². The zero-order valence-electron chi connectivity index (χ0n) is 19.6. The van der Waals surface area contributed by atoms with Crippen LogP contribution in [-0.4, -0.2) is 33.2 Å². The van der Waals surface area contributed by atoms with E-state index in [9.17, 15) is 4.79 Å². The lowest BCUT2D eigenvalue weighted by Crippen LogP contribution is -2.32. The number of nitrogens with one attached hydrogen (secondary N) is 1. The Balaban J connectivity index is 0.00000137. The van der Waals surface area contributed by atoms with Crippen LogP contribution in [0.3, 0.4) is 0 Å². The highest BCUT2D eigenvalue weighted by molar-refractivity contribution is 5.67. The number of carbonyl (C=O) groups excluding carboxylic acids is 1. The fourth-order valence-corrected chi connectivity index (χ4v) is 2.61. The minimum absolute atomic E-state index is 0.0413. The van der Waals surface area contributed by atoms with Crippen molar-refractivity contribution in [3.8, 4) is 23.4 Å². The molecule has 3 rings (SSSR count). The second kappa shape index (κ2) is 13.2. The molecule has 0 unspecified atom stereocenters. The lowest BCUT2D eigenvalue weighted by Gasteiger charge is -2.19. The van der Waals surface area contributed by atoms with Gasteiger partial charge in [-0.1, -0.05) is 30.3 Å². The first-order chi connectivity index (χ1) is 16.7. The summed E-state index contributed by atoms with van der Waals surface area (Å²) in [5.74, 6) is 1.49. The van der Waals surface area contributed by atoms with Gasteiger partial charge in [0.1, 0.15) is 29.8 Å². The van der Waals surface area contributed by atoms with E-state index in [4.69, 9.17) is 29.4 Å². The minimum Gasteiger partial charge on any atom is -0.489 e. The fraction of sp³-hybridized carbons (Fsp3) is 0.240. The number of aromatic nitrogens is 2. The van der Waals surface area contributed by atoms with Gasteiger partial charge < -0.3 is 24.6 Å². The van der Waals surface area contributed by atoms with Gasteiger partial charge in [0, 0.05) is 24.9 Å². The first-order valence-electron chi connectivity index (χ1n) is 10.5. The van der Waals surface area contributed by atoms with Crippen molar-refractivity contribution in [3.63, 3.8) is 0 Å². The molecule has 10 heteroatoms. The highest BCUT2D eigenvalue weighted by Gasteiger charge is 2.15. The molecule has 1 heterocycles. The molecule has 0 fully saturated rings. The summed E-state index contributed by atoms with van der Waals surface area (Å²) in [7, 11) is 0. The highest BCUT2D eigenvalue weighted by Crippen LogP contribution is 2.24. The van der Waals surface area contributed by atoms with Crippen LogP contribution in [0.15, 0.2) is 60.8 Å². The summed E-state index contributed by atoms with van der Waals surface area (Å²) in [6.07, 6.45) is 1.02. The van der Waals surface area contributed by atoms with Gasteiger partial charge in [0.25, 0.3) is 6.47 Å². The van der Waals surface area contributed by atoms with E-state index in [2.05, 4.69) is 15.3 Å². The number of amides is 1. The molecule has 0 bridgehead atoms. The van der Waals surface area contributed by atoms with Gasteiger partial charge in [-0.2, -0.15) is 10.2 Å². The van der Waals surface area contributed by atoms with Gasteiger partial charge in [-0.25, -0.2) is 9.78 Å². The number of benzene rings is 2. The lowest BCUT2D eigenvalue weighted by atomic mass is 10.1. The summed E-state index contributed by atoms with van der Waals surface area (Å²) in [4.78, 5) is 27.9. The van der Waals surface area contributed by atoms with Crippen LogP contribution in [0.4, 0.5) is 4.79 Å². The monoisotopic (exact) mass is 478 g/mol. The van der Waals surface area contributed by atoms with Gasteiger partial charge in [-0.15, -0.1) is 0 Å². The molecular weight excluding hydrogens is 452 g/mol. The van der Waals surface area contributed by atoms with Gasteiger partial charge in [-0.05, 0) is 44.0 Å². The molecule has 0 spiro atoms. The Morgan fingerprint density at radius 1 is 1.11 bits per heavy atom. The van der Waals surface area contributed by atoms with Crippen molar-refractivity contribution in [3.05, 3.63) is 77.7 Å². The Labute approximate surface area is 203 Å². The quantitative estimate of drug-likeness (QED) is 0.471. The van der Waals surface area contributed by atoms with Crippen molar-refractivity contribution in [2.24, 2.45) is 0 Å². The summed E-state index contributed by atoms with van der Waals surface area (Å²) in [6.45, 7) is 5.97. The van der Waals surface area contributed by atoms with Crippen LogP contribution in [-0.2, 0) is 22.7 Å². The third-order valence-corrected chi connectivity index (χ3v) is 4.02. The Morgan fingerprint density at radius 3 is 2.43 bits per heavy atom. The number of hydrogen-bond donors (Lipinski definition) is 2. The molecule has 3 aromatic rings. The van der Waals surface area contributed by atoms with Crippen LogP contribution in [0.2, 0.25) is 0 Å². The third kappa shape index (κ3) is 10.2. The number of alkyl carbamates (subject to hydrolysis) is 1. The summed E-state index contributed by atoms with van der Waals surface area (Å²) in [5.41, 5.74) is 1.41. The van der Waals surface area contributed by atoms with Crippen LogP contribution in [0, 0.1) is 11.3 Å². The van der Waals surface area contributed by atoms with Gasteiger partial charge in [-0.3, -0.25) is 4.79 Å². The van der Waals surface area contributed by atoms with Crippen LogP contribution in [0.25, 0.3) is 0 Å². The van der Waals surface area contributed by atoms with Crippen molar-refractivity contribution < 1.29 is 28.9 Å². The van der Waals surface area contributed by atoms with Crippen molar-refractivity contribution in [1.29, 1.82) is 5.26 Å². The maximum absolute atomic E-state index is 11.7. The molecule has 1 amide bonds. The molecule has 182 valence electrons. The standard InChI is InChI=1S/C24H24N4O4.CH2O2/c1-24(2,3)32-23(29)27-15-17-7-9-18(10-8-17)16-30-19-5-4-6-20(13-19)31-22-11-12-26-21(14-25)28-22;2-1-3/h4-13H,15-16H2,1-3H3,(H,27,29);1H,(H,2,3). The Morgan fingerprint density at radius 2 is 1.77 bits per heavy atom. The number of ether oxygens (including phenoxy) is 3. The minimum atomic E-state index is -0.526. The molecule has 0 radical (unpaired) electrons. The molecule has 35 heavy (non-hydrogen) atoms. The van der Waals surface area contributed by atoms with E-state index in [0.717, 1.165) is 11.1 Å². The summed E-state index contributed by atoms with van der Waals surface area (Å²) in [5, 5.41) is 18.5. The number of nitrogens with zero attached hydrogens (tertiary/aromatic N) is 3. The first kappa shape index (κ1) is 26.6. The largest absolute Gasteiger partial charge is 0.489 e. The number of carbonyl (C=O) groups is 2. The number of nitriles is 1. The van der Waals surface area contributed by atoms with Crippen LogP contribution < -0.4 is 14.8 Å². The van der Waals surface area contributed by atoms with Crippen molar-refractivity contribution in [2.75, 3.05) is 0 Å². The van der Waals surface area contributed by atoms with Crippen molar-refractivity contribution in [2.45, 2.75) is 39.5 Å². The predicted octanol–water partition coefficient (Wildman–Crippen LogP) is 4.45.